The molecule has 2 aliphatic heterocycles. The molecule has 0 aliphatic carbocycles. The Morgan fingerprint density at radius 1 is 0.962 bits per heavy atom. The lowest BCUT2D eigenvalue weighted by Crippen LogP contribution is -2.51. The maximum atomic E-state index is 9.06. The van der Waals surface area contributed by atoms with E-state index in [4.69, 9.17) is 21.8 Å². The zero-order valence-electron chi connectivity index (χ0n) is 13.7. The van der Waals surface area contributed by atoms with Crippen molar-refractivity contribution in [1.29, 1.82) is 0 Å². The summed E-state index contributed by atoms with van der Waals surface area (Å²) in [6.45, 7) is 2.99. The van der Waals surface area contributed by atoms with Crippen LogP contribution >= 0.6 is 55.9 Å². The van der Waals surface area contributed by atoms with Gasteiger partial charge in [-0.15, -0.1) is 12.4 Å². The van der Waals surface area contributed by atoms with Crippen LogP contribution in [0.2, 0.25) is 5.15 Å². The number of rotatable bonds is 1. The molecule has 2 saturated heterocycles. The van der Waals surface area contributed by atoms with Gasteiger partial charge in [-0.1, -0.05) is 11.6 Å². The van der Waals surface area contributed by atoms with Crippen LogP contribution in [0.25, 0.3) is 0 Å². The maximum absolute atomic E-state index is 9.06. The normalized spacial score (nSPS) is 16.0. The minimum absolute atomic E-state index is 0. The highest BCUT2D eigenvalue weighted by Crippen LogP contribution is 2.19. The van der Waals surface area contributed by atoms with Crippen LogP contribution in [0.15, 0.2) is 45.6 Å². The highest BCUT2D eigenvalue weighted by Gasteiger charge is 2.24. The average Bonchev–Trinajstić information content (AvgIpc) is 2.55. The van der Waals surface area contributed by atoms with E-state index >= 15 is 0 Å². The summed E-state index contributed by atoms with van der Waals surface area (Å²) < 4.78 is 1.93. The second kappa shape index (κ2) is 12.1. The predicted molar refractivity (Wildman–Crippen MR) is 113 cm³/mol. The first-order valence-corrected chi connectivity index (χ1v) is 9.61. The number of hydrogen-bond acceptors (Lipinski definition) is 6. The summed E-state index contributed by atoms with van der Waals surface area (Å²) in [5.41, 5.74) is 0. The van der Waals surface area contributed by atoms with E-state index in [2.05, 4.69) is 47.1 Å². The summed E-state index contributed by atoms with van der Waals surface area (Å²) in [5, 5.41) is 20.9. The van der Waals surface area contributed by atoms with Crippen molar-refractivity contribution in [2.24, 2.45) is 0 Å². The molecule has 4 rings (SSSR count). The van der Waals surface area contributed by atoms with Crippen LogP contribution in [-0.2, 0) is 0 Å². The molecule has 0 aromatic carbocycles. The van der Waals surface area contributed by atoms with Gasteiger partial charge >= 0.3 is 0 Å². The van der Waals surface area contributed by atoms with Gasteiger partial charge in [0.25, 0.3) is 0 Å². The van der Waals surface area contributed by atoms with E-state index in [1.807, 2.05) is 23.1 Å². The van der Waals surface area contributed by atoms with Crippen molar-refractivity contribution in [2.75, 3.05) is 31.1 Å². The Morgan fingerprint density at radius 3 is 1.81 bits per heavy atom. The fraction of sp³-hybridized carbons (Fsp3) is 0.375. The third kappa shape index (κ3) is 8.47. The fourth-order valence-corrected chi connectivity index (χ4v) is 2.41. The van der Waals surface area contributed by atoms with Gasteiger partial charge in [-0.3, -0.25) is 0 Å². The molecular weight excluding hydrogens is 511 g/mol. The number of aliphatic hydroxyl groups excluding tert-OH is 2. The molecule has 0 spiro atoms. The molecular formula is C16H20Br2Cl2N4O2. The number of β-amino-alcohol motifs (C(OH)–C–C–N with tert-alkyl or cyclic N) is 2. The zero-order valence-corrected chi connectivity index (χ0v) is 18.5. The molecule has 4 heterocycles. The lowest BCUT2D eigenvalue weighted by atomic mass is 10.2. The standard InChI is InChI=1S/C8H9BrN2O.C5H3BrClN.C3H7NO.ClH/c9-6-1-2-8(10-3-6)11-4-7(12)5-11;6-4-1-2-5(7)8-3-4;5-3-1-4-2-3;/h1-3,7,12H,4-5H2;1-3H;3-5H,1-2H2;1H. The van der Waals surface area contributed by atoms with Gasteiger partial charge in [-0.25, -0.2) is 9.97 Å². The second-order valence-corrected chi connectivity index (χ2v) is 7.72. The summed E-state index contributed by atoms with van der Waals surface area (Å²) in [5.74, 6) is 0.934. The molecule has 0 bridgehead atoms. The number of halogens is 4. The first-order chi connectivity index (χ1) is 11.9. The fourth-order valence-electron chi connectivity index (χ4n) is 1.83. The van der Waals surface area contributed by atoms with Crippen LogP contribution in [0.3, 0.4) is 0 Å². The Hall–Kier alpha value is -0.480. The molecule has 10 heteroatoms. The number of nitrogens with zero attached hydrogens (tertiary/aromatic N) is 3. The minimum Gasteiger partial charge on any atom is -0.390 e. The Balaban J connectivity index is 0.000000209. The van der Waals surface area contributed by atoms with Crippen molar-refractivity contribution >= 4 is 61.7 Å². The summed E-state index contributed by atoms with van der Waals surface area (Å²) in [7, 11) is 0. The van der Waals surface area contributed by atoms with Gasteiger partial charge in [0.1, 0.15) is 11.0 Å². The van der Waals surface area contributed by atoms with Crippen molar-refractivity contribution in [1.82, 2.24) is 15.3 Å². The Bertz CT molecular complexity index is 619. The largest absolute Gasteiger partial charge is 0.390 e. The molecule has 2 aromatic heterocycles. The van der Waals surface area contributed by atoms with Crippen molar-refractivity contribution in [3.8, 4) is 0 Å². The van der Waals surface area contributed by atoms with Crippen LogP contribution in [0, 0.1) is 0 Å². The molecule has 0 atom stereocenters. The van der Waals surface area contributed by atoms with E-state index in [-0.39, 0.29) is 24.6 Å². The predicted octanol–water partition coefficient (Wildman–Crippen LogP) is 2.89. The highest BCUT2D eigenvalue weighted by molar-refractivity contribution is 9.10. The van der Waals surface area contributed by atoms with Gasteiger partial charge in [0.2, 0.25) is 0 Å². The van der Waals surface area contributed by atoms with Crippen LogP contribution in [0.1, 0.15) is 0 Å². The van der Waals surface area contributed by atoms with Crippen molar-refractivity contribution in [3.05, 3.63) is 50.8 Å². The SMILES string of the molecule is Cl.Clc1ccc(Br)cn1.OC1CN(c2ccc(Br)cn2)C1.OC1CNC1. The first kappa shape index (κ1) is 23.6. The van der Waals surface area contributed by atoms with E-state index in [1.54, 1.807) is 18.5 Å². The summed E-state index contributed by atoms with van der Waals surface area (Å²) >= 11 is 12.0. The summed E-state index contributed by atoms with van der Waals surface area (Å²) in [6, 6.07) is 7.46. The number of aliphatic hydroxyl groups is 2. The third-order valence-electron chi connectivity index (χ3n) is 3.35. The van der Waals surface area contributed by atoms with E-state index in [0.717, 1.165) is 27.9 Å². The number of pyridine rings is 2. The maximum Gasteiger partial charge on any atom is 0.129 e. The van der Waals surface area contributed by atoms with Crippen LogP contribution < -0.4 is 10.2 Å². The number of anilines is 1. The van der Waals surface area contributed by atoms with E-state index in [0.29, 0.717) is 18.2 Å². The van der Waals surface area contributed by atoms with Crippen molar-refractivity contribution in [2.45, 2.75) is 12.2 Å². The highest BCUT2D eigenvalue weighted by atomic mass is 79.9. The Morgan fingerprint density at radius 2 is 1.50 bits per heavy atom. The van der Waals surface area contributed by atoms with Crippen molar-refractivity contribution < 1.29 is 10.2 Å². The van der Waals surface area contributed by atoms with Crippen LogP contribution in [0.5, 0.6) is 0 Å². The Labute approximate surface area is 180 Å². The van der Waals surface area contributed by atoms with Gasteiger partial charge in [-0.05, 0) is 56.1 Å². The first-order valence-electron chi connectivity index (χ1n) is 7.64. The van der Waals surface area contributed by atoms with E-state index < -0.39 is 0 Å². The van der Waals surface area contributed by atoms with Gasteiger partial charge in [0, 0.05) is 47.5 Å². The number of nitrogens with one attached hydrogen (secondary N) is 1. The van der Waals surface area contributed by atoms with Crippen molar-refractivity contribution in [3.63, 3.8) is 0 Å². The molecule has 2 fully saturated rings. The van der Waals surface area contributed by atoms with Gasteiger partial charge in [0.15, 0.2) is 0 Å². The molecule has 26 heavy (non-hydrogen) atoms. The molecule has 0 amide bonds. The molecule has 0 saturated carbocycles. The van der Waals surface area contributed by atoms with Gasteiger partial charge in [0.05, 0.1) is 12.2 Å². The smallest absolute Gasteiger partial charge is 0.129 e. The molecule has 0 unspecified atom stereocenters. The Kier molecular flexibility index (Phi) is 10.9. The second-order valence-electron chi connectivity index (χ2n) is 5.50. The summed E-state index contributed by atoms with van der Waals surface area (Å²) in [6.07, 6.45) is 3.20. The molecule has 2 aliphatic rings. The number of aromatic nitrogens is 2. The summed E-state index contributed by atoms with van der Waals surface area (Å²) in [4.78, 5) is 10.0. The minimum atomic E-state index is -0.171. The zero-order chi connectivity index (χ0) is 18.2. The lowest BCUT2D eigenvalue weighted by molar-refractivity contribution is 0.117. The molecule has 144 valence electrons. The molecule has 3 N–H and O–H groups in total. The molecule has 2 aromatic rings. The quantitative estimate of drug-likeness (QED) is 0.492. The van der Waals surface area contributed by atoms with E-state index in [1.165, 1.54) is 0 Å². The van der Waals surface area contributed by atoms with Gasteiger partial charge in [-0.2, -0.15) is 0 Å². The monoisotopic (exact) mass is 528 g/mol. The average molecular weight is 531 g/mol. The third-order valence-corrected chi connectivity index (χ3v) is 4.51. The van der Waals surface area contributed by atoms with Gasteiger partial charge < -0.3 is 20.4 Å². The molecule has 6 nitrogen and oxygen atoms in total. The van der Waals surface area contributed by atoms with E-state index in [9.17, 15) is 0 Å². The molecule has 0 radical (unpaired) electrons. The topological polar surface area (TPSA) is 81.5 Å². The van der Waals surface area contributed by atoms with Crippen LogP contribution in [-0.4, -0.2) is 58.6 Å². The lowest BCUT2D eigenvalue weighted by Gasteiger charge is -2.36. The number of hydrogen-bond donors (Lipinski definition) is 3. The van der Waals surface area contributed by atoms with Crippen LogP contribution in [0.4, 0.5) is 5.82 Å².